The van der Waals surface area contributed by atoms with Gasteiger partial charge in [0.15, 0.2) is 0 Å². The number of hydrogen-bond donors (Lipinski definition) is 3. The molecule has 0 fully saturated rings. The highest BCUT2D eigenvalue weighted by atomic mass is 32.2. The lowest BCUT2D eigenvalue weighted by Crippen LogP contribution is -2.17. The van der Waals surface area contributed by atoms with Crippen LogP contribution in [0.4, 0.5) is 0 Å². The molecule has 0 saturated heterocycles. The first-order chi connectivity index (χ1) is 12.3. The van der Waals surface area contributed by atoms with E-state index in [2.05, 4.69) is 0 Å². The summed E-state index contributed by atoms with van der Waals surface area (Å²) >= 11 is 0. The predicted molar refractivity (Wildman–Crippen MR) is 97.3 cm³/mol. The van der Waals surface area contributed by atoms with E-state index < -0.39 is 22.3 Å². The molecule has 0 spiro atoms. The zero-order valence-corrected chi connectivity index (χ0v) is 15.6. The lowest BCUT2D eigenvalue weighted by molar-refractivity contribution is 0.103. The summed E-state index contributed by atoms with van der Waals surface area (Å²) in [6, 6.07) is 7.71. The van der Waals surface area contributed by atoms with Gasteiger partial charge in [-0.25, -0.2) is 0 Å². The van der Waals surface area contributed by atoms with Gasteiger partial charge in [0.05, 0.1) is 12.2 Å². The maximum absolute atomic E-state index is 11.6. The molecule has 2 rings (SSSR count). The van der Waals surface area contributed by atoms with E-state index in [0.717, 1.165) is 0 Å². The molecule has 0 aliphatic heterocycles. The third-order valence-corrected chi connectivity index (χ3v) is 4.87. The van der Waals surface area contributed by atoms with Gasteiger partial charge in [-0.1, -0.05) is 19.9 Å². The van der Waals surface area contributed by atoms with E-state index in [1.54, 1.807) is 25.1 Å². The number of benzene rings is 2. The van der Waals surface area contributed by atoms with Crippen molar-refractivity contribution in [2.75, 3.05) is 13.2 Å². The topological polar surface area (TPSA) is 113 Å². The van der Waals surface area contributed by atoms with Gasteiger partial charge >= 0.3 is 0 Å². The first-order valence-electron chi connectivity index (χ1n) is 8.42. The number of aliphatic hydroxyl groups excluding tert-OH is 2. The molecule has 0 amide bonds. The summed E-state index contributed by atoms with van der Waals surface area (Å²) in [6.07, 6.45) is -0.299. The third kappa shape index (κ3) is 5.07. The molecule has 0 saturated carbocycles. The zero-order valence-electron chi connectivity index (χ0n) is 14.8. The Bertz CT molecular complexity index is 848. The largest absolute Gasteiger partial charge is 0.491 e. The second-order valence-electron chi connectivity index (χ2n) is 6.00. The SMILES string of the molecule is CCC(O)COc1ccc2c(OCC(O)CC)c(S(=O)(=O)O)ccc2c1. The summed E-state index contributed by atoms with van der Waals surface area (Å²) in [5, 5.41) is 20.4. The minimum Gasteiger partial charge on any atom is -0.491 e. The van der Waals surface area contributed by atoms with Gasteiger partial charge < -0.3 is 19.7 Å². The van der Waals surface area contributed by atoms with Crippen LogP contribution in [0.15, 0.2) is 35.2 Å². The minimum atomic E-state index is -4.49. The molecule has 2 atom stereocenters. The summed E-state index contributed by atoms with van der Waals surface area (Å²) in [5.74, 6) is 0.502. The molecule has 2 unspecified atom stereocenters. The maximum Gasteiger partial charge on any atom is 0.298 e. The first-order valence-corrected chi connectivity index (χ1v) is 9.86. The standard InChI is InChI=1S/C18H24O7S/c1-3-13(19)10-24-15-6-7-16-12(9-15)5-8-17(26(21,22)23)18(16)25-11-14(20)4-2/h5-9,13-14,19-20H,3-4,10-11H2,1-2H3,(H,21,22,23). The average Bonchev–Trinajstić information content (AvgIpc) is 2.62. The molecular weight excluding hydrogens is 360 g/mol. The zero-order chi connectivity index (χ0) is 19.3. The van der Waals surface area contributed by atoms with Crippen molar-refractivity contribution in [2.45, 2.75) is 43.8 Å². The molecule has 2 aromatic carbocycles. The smallest absolute Gasteiger partial charge is 0.298 e. The van der Waals surface area contributed by atoms with E-state index in [0.29, 0.717) is 29.4 Å². The van der Waals surface area contributed by atoms with Crippen molar-refractivity contribution in [2.24, 2.45) is 0 Å². The summed E-state index contributed by atoms with van der Waals surface area (Å²) in [4.78, 5) is -0.358. The van der Waals surface area contributed by atoms with E-state index in [1.807, 2.05) is 6.92 Å². The minimum absolute atomic E-state index is 0.0161. The second kappa shape index (κ2) is 8.68. The Kier molecular flexibility index (Phi) is 6.82. The Morgan fingerprint density at radius 2 is 1.58 bits per heavy atom. The fraction of sp³-hybridized carbons (Fsp3) is 0.444. The van der Waals surface area contributed by atoms with Crippen LogP contribution in [0.1, 0.15) is 26.7 Å². The molecule has 3 N–H and O–H groups in total. The fourth-order valence-corrected chi connectivity index (χ4v) is 2.95. The molecule has 7 nitrogen and oxygen atoms in total. The van der Waals surface area contributed by atoms with Crippen molar-refractivity contribution in [3.8, 4) is 11.5 Å². The molecule has 2 aromatic rings. The number of aliphatic hydroxyl groups is 2. The molecule has 0 aliphatic carbocycles. The van der Waals surface area contributed by atoms with Crippen molar-refractivity contribution in [1.29, 1.82) is 0 Å². The average molecular weight is 384 g/mol. The Hall–Kier alpha value is -1.87. The monoisotopic (exact) mass is 384 g/mol. The van der Waals surface area contributed by atoms with Crippen LogP contribution < -0.4 is 9.47 Å². The van der Waals surface area contributed by atoms with Crippen LogP contribution in [0.2, 0.25) is 0 Å². The van der Waals surface area contributed by atoms with Gasteiger partial charge in [-0.15, -0.1) is 0 Å². The Morgan fingerprint density at radius 1 is 0.962 bits per heavy atom. The van der Waals surface area contributed by atoms with Gasteiger partial charge in [0.1, 0.15) is 29.6 Å². The number of ether oxygens (including phenoxy) is 2. The Morgan fingerprint density at radius 3 is 2.15 bits per heavy atom. The van der Waals surface area contributed by atoms with Crippen molar-refractivity contribution in [1.82, 2.24) is 0 Å². The lowest BCUT2D eigenvalue weighted by atomic mass is 10.1. The Balaban J connectivity index is 2.42. The molecule has 0 aromatic heterocycles. The number of hydrogen-bond acceptors (Lipinski definition) is 6. The van der Waals surface area contributed by atoms with Crippen LogP contribution in [-0.4, -0.2) is 48.6 Å². The lowest BCUT2D eigenvalue weighted by Gasteiger charge is -2.16. The highest BCUT2D eigenvalue weighted by Gasteiger charge is 2.20. The molecule has 0 radical (unpaired) electrons. The van der Waals surface area contributed by atoms with Crippen LogP contribution >= 0.6 is 0 Å². The number of rotatable bonds is 9. The summed E-state index contributed by atoms with van der Waals surface area (Å²) in [7, 11) is -4.49. The van der Waals surface area contributed by atoms with Crippen molar-refractivity contribution < 1.29 is 32.7 Å². The van der Waals surface area contributed by atoms with E-state index in [9.17, 15) is 23.2 Å². The van der Waals surface area contributed by atoms with Crippen molar-refractivity contribution in [3.05, 3.63) is 30.3 Å². The summed E-state index contributed by atoms with van der Waals surface area (Å²) in [6.45, 7) is 3.67. The molecule has 0 aliphatic rings. The normalized spacial score (nSPS) is 14.2. The van der Waals surface area contributed by atoms with E-state index >= 15 is 0 Å². The predicted octanol–water partition coefficient (Wildman–Crippen LogP) is 2.39. The van der Waals surface area contributed by atoms with E-state index in [4.69, 9.17) is 9.47 Å². The molecule has 8 heteroatoms. The van der Waals surface area contributed by atoms with Crippen LogP contribution in [0.3, 0.4) is 0 Å². The Labute approximate surface area is 152 Å². The quantitative estimate of drug-likeness (QED) is 0.569. The van der Waals surface area contributed by atoms with Crippen molar-refractivity contribution in [3.63, 3.8) is 0 Å². The van der Waals surface area contributed by atoms with Crippen molar-refractivity contribution >= 4 is 20.9 Å². The fourth-order valence-electron chi connectivity index (χ4n) is 2.31. The van der Waals surface area contributed by atoms with Gasteiger partial charge in [-0.05, 0) is 42.5 Å². The second-order valence-corrected chi connectivity index (χ2v) is 7.39. The van der Waals surface area contributed by atoms with Gasteiger partial charge in [-0.2, -0.15) is 8.42 Å². The molecule has 26 heavy (non-hydrogen) atoms. The van der Waals surface area contributed by atoms with Gasteiger partial charge in [0.2, 0.25) is 0 Å². The van der Waals surface area contributed by atoms with Gasteiger partial charge in [-0.3, -0.25) is 4.55 Å². The molecule has 0 bridgehead atoms. The van der Waals surface area contributed by atoms with Crippen LogP contribution in [-0.2, 0) is 10.1 Å². The van der Waals surface area contributed by atoms with Crippen LogP contribution in [0, 0.1) is 0 Å². The third-order valence-electron chi connectivity index (χ3n) is 3.99. The summed E-state index contributed by atoms with van der Waals surface area (Å²) < 4.78 is 43.8. The van der Waals surface area contributed by atoms with Crippen LogP contribution in [0.5, 0.6) is 11.5 Å². The highest BCUT2D eigenvalue weighted by molar-refractivity contribution is 7.86. The van der Waals surface area contributed by atoms with Crippen LogP contribution in [0.25, 0.3) is 10.8 Å². The van der Waals surface area contributed by atoms with Gasteiger partial charge in [0, 0.05) is 5.39 Å². The van der Waals surface area contributed by atoms with Gasteiger partial charge in [0.25, 0.3) is 10.1 Å². The summed E-state index contributed by atoms with van der Waals surface area (Å²) in [5.41, 5.74) is 0. The first kappa shape index (κ1) is 20.4. The maximum atomic E-state index is 11.6. The van der Waals surface area contributed by atoms with E-state index in [1.165, 1.54) is 12.1 Å². The highest BCUT2D eigenvalue weighted by Crippen LogP contribution is 2.35. The molecule has 0 heterocycles. The molecular formula is C18H24O7S. The number of fused-ring (bicyclic) bond motifs is 1. The molecule has 144 valence electrons. The van der Waals surface area contributed by atoms with E-state index in [-0.39, 0.29) is 23.9 Å².